The predicted octanol–water partition coefficient (Wildman–Crippen LogP) is 3.23. The summed E-state index contributed by atoms with van der Waals surface area (Å²) in [4.78, 5) is 21.1. The van der Waals surface area contributed by atoms with Crippen molar-refractivity contribution in [2.45, 2.75) is 63.3 Å². The number of aromatic nitrogens is 4. The maximum absolute atomic E-state index is 12.3. The fraction of sp³-hybridized carbons (Fsp3) is 0.556. The highest BCUT2D eigenvalue weighted by molar-refractivity contribution is 8.00. The van der Waals surface area contributed by atoms with Gasteiger partial charge in [-0.15, -0.1) is 5.10 Å². The van der Waals surface area contributed by atoms with Crippen LogP contribution in [0.5, 0.6) is 0 Å². The van der Waals surface area contributed by atoms with Gasteiger partial charge in [0, 0.05) is 17.9 Å². The van der Waals surface area contributed by atoms with E-state index in [1.165, 1.54) is 43.0 Å². The maximum Gasteiger partial charge on any atom is 0.253 e. The molecule has 2 aromatic heterocycles. The van der Waals surface area contributed by atoms with Crippen LogP contribution in [-0.4, -0.2) is 37.3 Å². The zero-order valence-corrected chi connectivity index (χ0v) is 15.9. The average molecular weight is 359 g/mol. The van der Waals surface area contributed by atoms with Crippen LogP contribution >= 0.6 is 11.8 Å². The zero-order chi connectivity index (χ0) is 17.8. The summed E-state index contributed by atoms with van der Waals surface area (Å²) in [5.74, 6) is 0.609. The first kappa shape index (κ1) is 17.9. The summed E-state index contributed by atoms with van der Waals surface area (Å²) in [6, 6.07) is 1.96. The molecule has 3 rings (SSSR count). The molecule has 6 nitrogen and oxygen atoms in total. The number of nitrogens with zero attached hydrogens (tertiary/aromatic N) is 4. The van der Waals surface area contributed by atoms with Crippen LogP contribution < -0.4 is 5.32 Å². The number of rotatable bonds is 6. The van der Waals surface area contributed by atoms with Crippen LogP contribution in [0.15, 0.2) is 22.9 Å². The van der Waals surface area contributed by atoms with Gasteiger partial charge in [0.1, 0.15) is 0 Å². The fourth-order valence-corrected chi connectivity index (χ4v) is 3.80. The number of amides is 1. The monoisotopic (exact) mass is 359 g/mol. The molecular weight excluding hydrogens is 334 g/mol. The number of aryl methyl sites for hydroxylation is 2. The van der Waals surface area contributed by atoms with E-state index < -0.39 is 0 Å². The second-order valence-electron chi connectivity index (χ2n) is 6.55. The molecule has 0 aromatic carbocycles. The summed E-state index contributed by atoms with van der Waals surface area (Å²) in [6.07, 6.45) is 8.21. The molecule has 134 valence electrons. The smallest absolute Gasteiger partial charge is 0.253 e. The van der Waals surface area contributed by atoms with E-state index in [9.17, 15) is 4.79 Å². The summed E-state index contributed by atoms with van der Waals surface area (Å²) >= 11 is 1.37. The number of hydrogen-bond acceptors (Lipinski definition) is 5. The quantitative estimate of drug-likeness (QED) is 0.633. The van der Waals surface area contributed by atoms with Gasteiger partial charge in [0.25, 0.3) is 5.78 Å². The van der Waals surface area contributed by atoms with Crippen molar-refractivity contribution in [1.29, 1.82) is 0 Å². The molecule has 7 heteroatoms. The minimum absolute atomic E-state index is 0.0288. The van der Waals surface area contributed by atoms with E-state index in [1.807, 2.05) is 26.8 Å². The average Bonchev–Trinajstić information content (AvgIpc) is 2.98. The van der Waals surface area contributed by atoms with Crippen molar-refractivity contribution >= 4 is 23.4 Å². The molecule has 1 amide bonds. The van der Waals surface area contributed by atoms with E-state index in [1.54, 1.807) is 4.52 Å². The minimum Gasteiger partial charge on any atom is -0.355 e. The van der Waals surface area contributed by atoms with Crippen LogP contribution in [0.1, 0.15) is 50.4 Å². The second kappa shape index (κ2) is 7.99. The Bertz CT molecular complexity index is 798. The summed E-state index contributed by atoms with van der Waals surface area (Å²) in [7, 11) is 0. The zero-order valence-electron chi connectivity index (χ0n) is 15.1. The van der Waals surface area contributed by atoms with Gasteiger partial charge in [-0.05, 0) is 58.9 Å². The number of nitrogens with one attached hydrogen (secondary N) is 1. The molecule has 1 aliphatic carbocycles. The van der Waals surface area contributed by atoms with Crippen molar-refractivity contribution in [2.24, 2.45) is 0 Å². The van der Waals surface area contributed by atoms with Gasteiger partial charge in [0.2, 0.25) is 11.1 Å². The van der Waals surface area contributed by atoms with Gasteiger partial charge >= 0.3 is 0 Å². The summed E-state index contributed by atoms with van der Waals surface area (Å²) in [5, 5.41) is 7.82. The van der Waals surface area contributed by atoms with Gasteiger partial charge < -0.3 is 5.32 Å². The lowest BCUT2D eigenvalue weighted by molar-refractivity contribution is -0.120. The van der Waals surface area contributed by atoms with Gasteiger partial charge in [0.15, 0.2) is 0 Å². The predicted molar refractivity (Wildman–Crippen MR) is 99.8 cm³/mol. The third-order valence-corrected chi connectivity index (χ3v) is 5.33. The van der Waals surface area contributed by atoms with Gasteiger partial charge in [-0.25, -0.2) is 9.50 Å². The van der Waals surface area contributed by atoms with Crippen molar-refractivity contribution in [3.8, 4) is 0 Å². The van der Waals surface area contributed by atoms with Crippen LogP contribution in [0.4, 0.5) is 0 Å². The molecular formula is C18H25N5OS. The Hall–Kier alpha value is -1.89. The van der Waals surface area contributed by atoms with Crippen molar-refractivity contribution < 1.29 is 4.79 Å². The Morgan fingerprint density at radius 1 is 1.36 bits per heavy atom. The third-order valence-electron chi connectivity index (χ3n) is 4.38. The number of fused-ring (bicyclic) bond motifs is 1. The first-order valence-electron chi connectivity index (χ1n) is 8.86. The van der Waals surface area contributed by atoms with Gasteiger partial charge in [-0.3, -0.25) is 4.79 Å². The Kier molecular flexibility index (Phi) is 5.73. The van der Waals surface area contributed by atoms with Crippen LogP contribution in [-0.2, 0) is 4.79 Å². The van der Waals surface area contributed by atoms with Crippen molar-refractivity contribution in [2.75, 3.05) is 6.54 Å². The van der Waals surface area contributed by atoms with E-state index in [-0.39, 0.29) is 11.2 Å². The lowest BCUT2D eigenvalue weighted by atomic mass is 9.97. The highest BCUT2D eigenvalue weighted by Crippen LogP contribution is 2.22. The number of allylic oxidation sites excluding steroid dienone is 1. The topological polar surface area (TPSA) is 72.2 Å². The molecule has 2 aromatic rings. The molecule has 1 aliphatic rings. The molecule has 0 saturated carbocycles. The molecule has 1 N–H and O–H groups in total. The first-order valence-corrected chi connectivity index (χ1v) is 9.74. The molecule has 0 spiro atoms. The Balaban J connectivity index is 1.54. The minimum atomic E-state index is -0.237. The Morgan fingerprint density at radius 2 is 2.20 bits per heavy atom. The van der Waals surface area contributed by atoms with Crippen LogP contribution in [0.25, 0.3) is 5.78 Å². The van der Waals surface area contributed by atoms with E-state index in [4.69, 9.17) is 0 Å². The molecule has 1 atom stereocenters. The van der Waals surface area contributed by atoms with E-state index >= 15 is 0 Å². The number of carbonyl (C=O) groups is 1. The normalized spacial score (nSPS) is 15.9. The molecule has 0 fully saturated rings. The van der Waals surface area contributed by atoms with Crippen LogP contribution in [0.3, 0.4) is 0 Å². The molecule has 0 unspecified atom stereocenters. The van der Waals surface area contributed by atoms with Gasteiger partial charge in [-0.1, -0.05) is 23.4 Å². The third kappa shape index (κ3) is 4.60. The van der Waals surface area contributed by atoms with E-state index in [2.05, 4.69) is 26.5 Å². The van der Waals surface area contributed by atoms with Crippen molar-refractivity contribution in [1.82, 2.24) is 24.9 Å². The van der Waals surface area contributed by atoms with Crippen LogP contribution in [0.2, 0.25) is 0 Å². The summed E-state index contributed by atoms with van der Waals surface area (Å²) < 4.78 is 1.72. The molecule has 2 heterocycles. The summed E-state index contributed by atoms with van der Waals surface area (Å²) in [5.41, 5.74) is 3.38. The Labute approximate surface area is 152 Å². The second-order valence-corrected chi connectivity index (χ2v) is 7.86. The lowest BCUT2D eigenvalue weighted by Crippen LogP contribution is -2.32. The Morgan fingerprint density at radius 3 is 2.96 bits per heavy atom. The molecule has 0 saturated heterocycles. The molecule has 0 bridgehead atoms. The van der Waals surface area contributed by atoms with Crippen molar-refractivity contribution in [3.05, 3.63) is 29.1 Å². The number of thioether (sulfide) groups is 1. The highest BCUT2D eigenvalue weighted by atomic mass is 32.2. The number of carbonyl (C=O) groups excluding carboxylic acids is 1. The molecule has 0 radical (unpaired) electrons. The standard InChI is InChI=1S/C18H25N5OS/c1-12-11-13(2)23-17(20-12)21-18(22-23)25-14(3)16(24)19-10-9-15-7-5-4-6-8-15/h7,11,14H,4-6,8-10H2,1-3H3,(H,19,24)/t14-/m1/s1. The maximum atomic E-state index is 12.3. The molecule has 25 heavy (non-hydrogen) atoms. The van der Waals surface area contributed by atoms with E-state index in [0.29, 0.717) is 17.5 Å². The van der Waals surface area contributed by atoms with Gasteiger partial charge in [0.05, 0.1) is 5.25 Å². The van der Waals surface area contributed by atoms with Crippen LogP contribution in [0, 0.1) is 13.8 Å². The number of hydrogen-bond donors (Lipinski definition) is 1. The van der Waals surface area contributed by atoms with Crippen molar-refractivity contribution in [3.63, 3.8) is 0 Å². The highest BCUT2D eigenvalue weighted by Gasteiger charge is 2.18. The van der Waals surface area contributed by atoms with E-state index in [0.717, 1.165) is 17.8 Å². The van der Waals surface area contributed by atoms with Gasteiger partial charge in [-0.2, -0.15) is 4.98 Å². The largest absolute Gasteiger partial charge is 0.355 e. The molecule has 0 aliphatic heterocycles. The fourth-order valence-electron chi connectivity index (χ4n) is 3.03. The first-order chi connectivity index (χ1) is 12.0. The SMILES string of the molecule is Cc1cc(C)n2nc(S[C@H](C)C(=O)NCCC3=CCCCC3)nc2n1. The summed E-state index contributed by atoms with van der Waals surface area (Å²) in [6.45, 7) is 6.50. The lowest BCUT2D eigenvalue weighted by Gasteiger charge is -2.14.